The topological polar surface area (TPSA) is 101 Å². The Morgan fingerprint density at radius 2 is 1.94 bits per heavy atom. The van der Waals surface area contributed by atoms with E-state index in [1.165, 1.54) is 14.0 Å². The summed E-state index contributed by atoms with van der Waals surface area (Å²) in [5, 5.41) is 8.65. The van der Waals surface area contributed by atoms with Gasteiger partial charge in [-0.15, -0.1) is 0 Å². The van der Waals surface area contributed by atoms with E-state index in [4.69, 9.17) is 5.11 Å². The van der Waals surface area contributed by atoms with Crippen molar-refractivity contribution in [2.75, 3.05) is 26.0 Å². The van der Waals surface area contributed by atoms with Gasteiger partial charge in [-0.2, -0.15) is 0 Å². The largest absolute Gasteiger partial charge is 0.481 e. The lowest BCUT2D eigenvalue weighted by molar-refractivity contribution is -0.141. The van der Waals surface area contributed by atoms with Gasteiger partial charge in [0.1, 0.15) is 0 Å². The number of sulfonamides is 1. The zero-order valence-electron chi connectivity index (χ0n) is 10.0. The first-order valence-electron chi connectivity index (χ1n) is 5.03. The number of ether oxygens (including phenoxy) is 1. The van der Waals surface area contributed by atoms with Crippen LogP contribution < -0.4 is 0 Å². The van der Waals surface area contributed by atoms with Gasteiger partial charge >= 0.3 is 11.9 Å². The number of hydrogen-bond acceptors (Lipinski definition) is 5. The Morgan fingerprint density at radius 3 is 2.35 bits per heavy atom. The lowest BCUT2D eigenvalue weighted by Gasteiger charge is -2.18. The third-order valence-electron chi connectivity index (χ3n) is 2.03. The second kappa shape index (κ2) is 6.55. The molecule has 0 aromatic heterocycles. The molecule has 8 heteroatoms. The molecule has 0 saturated heterocycles. The molecule has 0 spiro atoms. The zero-order valence-corrected chi connectivity index (χ0v) is 10.9. The van der Waals surface area contributed by atoms with Gasteiger partial charge in [0, 0.05) is 13.6 Å². The van der Waals surface area contributed by atoms with Gasteiger partial charge in [0.25, 0.3) is 0 Å². The number of carboxylic acid groups (broad SMARTS) is 1. The fourth-order valence-corrected chi connectivity index (χ4v) is 2.09. The predicted molar refractivity (Wildman–Crippen MR) is 59.8 cm³/mol. The maximum atomic E-state index is 11.6. The van der Waals surface area contributed by atoms with E-state index in [0.717, 1.165) is 4.31 Å². The Hall–Kier alpha value is -1.15. The molecule has 0 fully saturated rings. The van der Waals surface area contributed by atoms with Crippen molar-refractivity contribution >= 4 is 22.0 Å². The van der Waals surface area contributed by atoms with E-state index >= 15 is 0 Å². The molecule has 0 heterocycles. The first kappa shape index (κ1) is 15.9. The van der Waals surface area contributed by atoms with E-state index in [-0.39, 0.29) is 13.2 Å². The molecule has 0 aromatic rings. The maximum Gasteiger partial charge on any atom is 0.322 e. The number of rotatable bonds is 7. The molecule has 17 heavy (non-hydrogen) atoms. The summed E-state index contributed by atoms with van der Waals surface area (Å²) in [6.07, 6.45) is 0. The highest BCUT2D eigenvalue weighted by atomic mass is 32.2. The van der Waals surface area contributed by atoms with Gasteiger partial charge in [0.05, 0.1) is 12.5 Å². The average molecular weight is 267 g/mol. The number of aliphatic carboxylic acids is 1. The zero-order chi connectivity index (χ0) is 13.6. The Labute approximate surface area is 100 Å². The van der Waals surface area contributed by atoms with Crippen molar-refractivity contribution in [3.8, 4) is 0 Å². The number of carbonyl (C=O) groups is 2. The molecule has 1 unspecified atom stereocenters. The van der Waals surface area contributed by atoms with Crippen LogP contribution in [0, 0.1) is 5.92 Å². The Balaban J connectivity index is 4.50. The van der Waals surface area contributed by atoms with Crippen LogP contribution in [-0.2, 0) is 24.3 Å². The highest BCUT2D eigenvalue weighted by Crippen LogP contribution is 2.05. The molecule has 100 valence electrons. The molecule has 0 aliphatic carbocycles. The Morgan fingerprint density at radius 1 is 1.41 bits per heavy atom. The quantitative estimate of drug-likeness (QED) is 0.626. The Kier molecular flexibility index (Phi) is 6.11. The SMILES string of the molecule is CCOC(=O)CS(=O)(=O)N(C)CC(C)C(=O)O. The third-order valence-corrected chi connectivity index (χ3v) is 3.73. The van der Waals surface area contributed by atoms with E-state index in [1.54, 1.807) is 6.92 Å². The van der Waals surface area contributed by atoms with Crippen molar-refractivity contribution in [2.45, 2.75) is 13.8 Å². The fraction of sp³-hybridized carbons (Fsp3) is 0.778. The molecule has 0 aliphatic heterocycles. The summed E-state index contributed by atoms with van der Waals surface area (Å²) in [5.41, 5.74) is 0. The van der Waals surface area contributed by atoms with E-state index in [0.29, 0.717) is 0 Å². The lowest BCUT2D eigenvalue weighted by atomic mass is 10.2. The van der Waals surface area contributed by atoms with Crippen LogP contribution >= 0.6 is 0 Å². The van der Waals surface area contributed by atoms with Gasteiger partial charge in [-0.1, -0.05) is 6.92 Å². The van der Waals surface area contributed by atoms with Crippen molar-refractivity contribution in [1.82, 2.24) is 4.31 Å². The summed E-state index contributed by atoms with van der Waals surface area (Å²) in [5.74, 6) is -3.55. The standard InChI is InChI=1S/C9H17NO6S/c1-4-16-8(11)6-17(14,15)10(3)5-7(2)9(12)13/h7H,4-6H2,1-3H3,(H,12,13). The summed E-state index contributed by atoms with van der Waals surface area (Å²) in [6, 6.07) is 0. The summed E-state index contributed by atoms with van der Waals surface area (Å²) in [7, 11) is -2.58. The monoisotopic (exact) mass is 267 g/mol. The first-order chi connectivity index (χ1) is 7.70. The van der Waals surface area contributed by atoms with Crippen LogP contribution in [0.2, 0.25) is 0 Å². The lowest BCUT2D eigenvalue weighted by Crippen LogP contribution is -2.37. The van der Waals surface area contributed by atoms with Gasteiger partial charge in [-0.25, -0.2) is 12.7 Å². The van der Waals surface area contributed by atoms with E-state index in [1.807, 2.05) is 0 Å². The minimum atomic E-state index is -3.81. The second-order valence-electron chi connectivity index (χ2n) is 3.58. The van der Waals surface area contributed by atoms with Gasteiger partial charge < -0.3 is 9.84 Å². The van der Waals surface area contributed by atoms with Crippen molar-refractivity contribution in [1.29, 1.82) is 0 Å². The van der Waals surface area contributed by atoms with Crippen molar-refractivity contribution in [3.63, 3.8) is 0 Å². The van der Waals surface area contributed by atoms with Crippen molar-refractivity contribution < 1.29 is 27.9 Å². The molecule has 0 amide bonds. The fourth-order valence-electron chi connectivity index (χ4n) is 1.04. The average Bonchev–Trinajstić information content (AvgIpc) is 2.16. The van der Waals surface area contributed by atoms with E-state index in [9.17, 15) is 18.0 Å². The summed E-state index contributed by atoms with van der Waals surface area (Å²) in [4.78, 5) is 21.6. The highest BCUT2D eigenvalue weighted by Gasteiger charge is 2.26. The molecule has 7 nitrogen and oxygen atoms in total. The van der Waals surface area contributed by atoms with Crippen molar-refractivity contribution in [2.24, 2.45) is 5.92 Å². The number of carbonyl (C=O) groups excluding carboxylic acids is 1. The predicted octanol–water partition coefficient (Wildman–Crippen LogP) is -0.468. The van der Waals surface area contributed by atoms with Crippen LogP contribution in [0.25, 0.3) is 0 Å². The Bertz CT molecular complexity index is 377. The normalized spacial score (nSPS) is 13.4. The van der Waals surface area contributed by atoms with E-state index < -0.39 is 33.6 Å². The molecule has 1 N–H and O–H groups in total. The summed E-state index contributed by atoms with van der Waals surface area (Å²) >= 11 is 0. The third kappa shape index (κ3) is 5.64. The van der Waals surface area contributed by atoms with Crippen LogP contribution in [0.5, 0.6) is 0 Å². The van der Waals surface area contributed by atoms with Gasteiger partial charge in [-0.05, 0) is 6.92 Å². The van der Waals surface area contributed by atoms with E-state index in [2.05, 4.69) is 4.74 Å². The van der Waals surface area contributed by atoms with Crippen LogP contribution in [-0.4, -0.2) is 55.7 Å². The first-order valence-corrected chi connectivity index (χ1v) is 6.64. The minimum absolute atomic E-state index is 0.101. The van der Waals surface area contributed by atoms with Gasteiger partial charge in [0.2, 0.25) is 10.0 Å². The number of nitrogens with zero attached hydrogens (tertiary/aromatic N) is 1. The molecular weight excluding hydrogens is 250 g/mol. The molecule has 1 atom stereocenters. The summed E-state index contributed by atoms with van der Waals surface area (Å²) in [6.45, 7) is 2.88. The minimum Gasteiger partial charge on any atom is -0.481 e. The van der Waals surface area contributed by atoms with Gasteiger partial charge in [-0.3, -0.25) is 9.59 Å². The number of carboxylic acids is 1. The molecule has 0 aliphatic rings. The molecular formula is C9H17NO6S. The number of esters is 1. The van der Waals surface area contributed by atoms with Crippen LogP contribution in [0.4, 0.5) is 0 Å². The molecule has 0 aromatic carbocycles. The molecule has 0 saturated carbocycles. The smallest absolute Gasteiger partial charge is 0.322 e. The van der Waals surface area contributed by atoms with Crippen LogP contribution in [0.3, 0.4) is 0 Å². The molecule has 0 radical (unpaired) electrons. The maximum absolute atomic E-state index is 11.6. The van der Waals surface area contributed by atoms with Crippen LogP contribution in [0.1, 0.15) is 13.8 Å². The summed E-state index contributed by atoms with van der Waals surface area (Å²) < 4.78 is 28.6. The number of hydrogen-bond donors (Lipinski definition) is 1. The van der Waals surface area contributed by atoms with Gasteiger partial charge in [0.15, 0.2) is 5.75 Å². The molecule has 0 rings (SSSR count). The van der Waals surface area contributed by atoms with Crippen molar-refractivity contribution in [3.05, 3.63) is 0 Å². The van der Waals surface area contributed by atoms with Crippen LogP contribution in [0.15, 0.2) is 0 Å². The molecule has 0 bridgehead atoms. The highest BCUT2D eigenvalue weighted by molar-refractivity contribution is 7.89. The second-order valence-corrected chi connectivity index (χ2v) is 5.66.